The zero-order chi connectivity index (χ0) is 22.6. The van der Waals surface area contributed by atoms with Gasteiger partial charge in [0.1, 0.15) is 6.61 Å². The lowest BCUT2D eigenvalue weighted by molar-refractivity contribution is -0.143. The molecule has 4 heterocycles. The van der Waals surface area contributed by atoms with Gasteiger partial charge in [0.2, 0.25) is 6.10 Å². The zero-order valence-corrected chi connectivity index (χ0v) is 18.2. The molecular weight excluding hydrogens is 422 g/mol. The summed E-state index contributed by atoms with van der Waals surface area (Å²) in [7, 11) is 0. The Morgan fingerprint density at radius 3 is 2.48 bits per heavy atom. The molecule has 1 aromatic carbocycles. The molecular formula is C24H25N5O4. The molecule has 170 valence electrons. The van der Waals surface area contributed by atoms with Crippen LogP contribution in [0.3, 0.4) is 0 Å². The van der Waals surface area contributed by atoms with Gasteiger partial charge in [-0.2, -0.15) is 5.10 Å². The zero-order valence-electron chi connectivity index (χ0n) is 18.2. The number of carbonyl (C=O) groups is 1. The standard InChI is InChI=1S/C24H25N5O4/c30-23-6-5-19(18-7-9-25-10-8-18)26-29(23)16-13-27-11-14-28(15-12-27)24(31)22-17-32-20-3-1-2-4-21(20)33-22/h1-10,22H,11-17H2. The predicted molar refractivity (Wildman–Crippen MR) is 121 cm³/mol. The molecule has 0 bridgehead atoms. The summed E-state index contributed by atoms with van der Waals surface area (Å²) in [5.74, 6) is 1.22. The maximum absolute atomic E-state index is 12.9. The third-order valence-electron chi connectivity index (χ3n) is 5.94. The van der Waals surface area contributed by atoms with Crippen molar-refractivity contribution >= 4 is 5.91 Å². The van der Waals surface area contributed by atoms with Crippen molar-refractivity contribution in [3.8, 4) is 22.8 Å². The average molecular weight is 447 g/mol. The molecule has 0 N–H and O–H groups in total. The molecule has 0 radical (unpaired) electrons. The number of fused-ring (bicyclic) bond motifs is 1. The summed E-state index contributed by atoms with van der Waals surface area (Å²) in [5, 5.41) is 4.50. The van der Waals surface area contributed by atoms with Gasteiger partial charge in [-0.1, -0.05) is 12.1 Å². The van der Waals surface area contributed by atoms with E-state index in [9.17, 15) is 9.59 Å². The fourth-order valence-electron chi connectivity index (χ4n) is 4.06. The van der Waals surface area contributed by atoms with Crippen LogP contribution < -0.4 is 15.0 Å². The van der Waals surface area contributed by atoms with Crippen LogP contribution in [0.15, 0.2) is 65.7 Å². The smallest absolute Gasteiger partial charge is 0.267 e. The summed E-state index contributed by atoms with van der Waals surface area (Å²) in [4.78, 5) is 33.3. The van der Waals surface area contributed by atoms with Gasteiger partial charge in [-0.15, -0.1) is 0 Å². The van der Waals surface area contributed by atoms with Gasteiger partial charge in [0, 0.05) is 56.7 Å². The molecule has 0 spiro atoms. The third kappa shape index (κ3) is 4.73. The van der Waals surface area contributed by atoms with Gasteiger partial charge in [-0.25, -0.2) is 4.68 Å². The highest BCUT2D eigenvalue weighted by Crippen LogP contribution is 2.31. The Bertz CT molecular complexity index is 1170. The first-order valence-corrected chi connectivity index (χ1v) is 11.1. The number of benzene rings is 1. The monoisotopic (exact) mass is 447 g/mol. The van der Waals surface area contributed by atoms with Crippen molar-refractivity contribution in [1.29, 1.82) is 0 Å². The molecule has 9 nitrogen and oxygen atoms in total. The van der Waals surface area contributed by atoms with Crippen molar-refractivity contribution in [1.82, 2.24) is 24.6 Å². The van der Waals surface area contributed by atoms with E-state index in [0.29, 0.717) is 37.7 Å². The van der Waals surface area contributed by atoms with E-state index in [1.807, 2.05) is 41.3 Å². The second-order valence-electron chi connectivity index (χ2n) is 8.05. The van der Waals surface area contributed by atoms with E-state index in [4.69, 9.17) is 9.47 Å². The Balaban J connectivity index is 1.14. The summed E-state index contributed by atoms with van der Waals surface area (Å²) in [6.45, 7) is 4.08. The van der Waals surface area contributed by atoms with Crippen molar-refractivity contribution < 1.29 is 14.3 Å². The van der Waals surface area contributed by atoms with Gasteiger partial charge in [-0.05, 0) is 30.3 Å². The van der Waals surface area contributed by atoms with E-state index in [-0.39, 0.29) is 18.1 Å². The van der Waals surface area contributed by atoms with Crippen LogP contribution in [0, 0.1) is 0 Å². The van der Waals surface area contributed by atoms with Crippen LogP contribution in [0.25, 0.3) is 11.3 Å². The SMILES string of the molecule is O=C(C1COc2ccccc2O1)N1CCN(CCn2nc(-c3ccncc3)ccc2=O)CC1. The molecule has 5 rings (SSSR count). The minimum Gasteiger partial charge on any atom is -0.485 e. The quantitative estimate of drug-likeness (QED) is 0.582. The number of rotatable bonds is 5. The minimum atomic E-state index is -0.620. The lowest BCUT2D eigenvalue weighted by Crippen LogP contribution is -2.54. The van der Waals surface area contributed by atoms with Crippen LogP contribution in [-0.4, -0.2) is 75.9 Å². The normalized spacial score (nSPS) is 18.2. The predicted octanol–water partition coefficient (Wildman–Crippen LogP) is 1.29. The van der Waals surface area contributed by atoms with E-state index in [2.05, 4.69) is 15.0 Å². The number of aromatic nitrogens is 3. The molecule has 9 heteroatoms. The maximum atomic E-state index is 12.9. The van der Waals surface area contributed by atoms with Crippen LogP contribution in [0.5, 0.6) is 11.5 Å². The molecule has 1 amide bonds. The lowest BCUT2D eigenvalue weighted by atomic mass is 10.2. The van der Waals surface area contributed by atoms with Crippen LogP contribution in [0.2, 0.25) is 0 Å². The van der Waals surface area contributed by atoms with Crippen molar-refractivity contribution in [2.24, 2.45) is 0 Å². The fraction of sp³-hybridized carbons (Fsp3) is 0.333. The topological polar surface area (TPSA) is 89.8 Å². The highest BCUT2D eigenvalue weighted by Gasteiger charge is 2.32. The molecule has 2 aromatic heterocycles. The van der Waals surface area contributed by atoms with E-state index in [1.54, 1.807) is 24.5 Å². The van der Waals surface area contributed by atoms with Crippen molar-refractivity contribution in [3.05, 3.63) is 71.3 Å². The minimum absolute atomic E-state index is 0.0490. The summed E-state index contributed by atoms with van der Waals surface area (Å²) < 4.78 is 13.0. The molecule has 1 atom stereocenters. The summed E-state index contributed by atoms with van der Waals surface area (Å²) in [6, 6.07) is 14.4. The number of amides is 1. The molecule has 2 aliphatic heterocycles. The summed E-state index contributed by atoms with van der Waals surface area (Å²) in [5.41, 5.74) is 1.53. The molecule has 1 saturated heterocycles. The second kappa shape index (κ2) is 9.41. The second-order valence-corrected chi connectivity index (χ2v) is 8.05. The maximum Gasteiger partial charge on any atom is 0.267 e. The first-order valence-electron chi connectivity index (χ1n) is 11.1. The summed E-state index contributed by atoms with van der Waals surface area (Å²) >= 11 is 0. The number of ether oxygens (including phenoxy) is 2. The Morgan fingerprint density at radius 1 is 0.939 bits per heavy atom. The number of hydrogen-bond acceptors (Lipinski definition) is 7. The van der Waals surface area contributed by atoms with Crippen LogP contribution in [-0.2, 0) is 11.3 Å². The average Bonchev–Trinajstić information content (AvgIpc) is 2.88. The molecule has 33 heavy (non-hydrogen) atoms. The third-order valence-corrected chi connectivity index (χ3v) is 5.94. The Labute approximate surface area is 191 Å². The molecule has 3 aromatic rings. The highest BCUT2D eigenvalue weighted by molar-refractivity contribution is 5.82. The number of carbonyl (C=O) groups excluding carboxylic acids is 1. The van der Waals surface area contributed by atoms with Gasteiger partial charge in [0.15, 0.2) is 11.5 Å². The molecule has 0 aliphatic carbocycles. The Kier molecular flexibility index (Phi) is 6.03. The van der Waals surface area contributed by atoms with E-state index < -0.39 is 6.10 Å². The first-order chi connectivity index (χ1) is 16.2. The van der Waals surface area contributed by atoms with E-state index >= 15 is 0 Å². The number of hydrogen-bond donors (Lipinski definition) is 0. The van der Waals surface area contributed by atoms with Crippen LogP contribution >= 0.6 is 0 Å². The van der Waals surface area contributed by atoms with Gasteiger partial charge in [-0.3, -0.25) is 19.5 Å². The summed E-state index contributed by atoms with van der Waals surface area (Å²) in [6.07, 6.45) is 2.79. The number of para-hydroxylation sites is 2. The molecule has 1 unspecified atom stereocenters. The van der Waals surface area contributed by atoms with E-state index in [1.165, 1.54) is 4.68 Å². The Hall–Kier alpha value is -3.72. The van der Waals surface area contributed by atoms with Gasteiger partial charge >= 0.3 is 0 Å². The highest BCUT2D eigenvalue weighted by atomic mass is 16.6. The van der Waals surface area contributed by atoms with Crippen molar-refractivity contribution in [3.63, 3.8) is 0 Å². The number of nitrogens with zero attached hydrogens (tertiary/aromatic N) is 5. The Morgan fingerprint density at radius 2 is 1.70 bits per heavy atom. The van der Waals surface area contributed by atoms with Gasteiger partial charge in [0.25, 0.3) is 11.5 Å². The van der Waals surface area contributed by atoms with Gasteiger partial charge in [0.05, 0.1) is 12.2 Å². The van der Waals surface area contributed by atoms with Gasteiger partial charge < -0.3 is 14.4 Å². The van der Waals surface area contributed by atoms with Crippen molar-refractivity contribution in [2.45, 2.75) is 12.6 Å². The molecule has 1 fully saturated rings. The first kappa shape index (κ1) is 21.1. The largest absolute Gasteiger partial charge is 0.485 e. The molecule has 2 aliphatic rings. The number of piperazine rings is 1. The lowest BCUT2D eigenvalue weighted by Gasteiger charge is -2.37. The number of pyridine rings is 1. The molecule has 0 saturated carbocycles. The van der Waals surface area contributed by atoms with E-state index in [0.717, 1.165) is 24.3 Å². The van der Waals surface area contributed by atoms with Crippen LogP contribution in [0.4, 0.5) is 0 Å². The van der Waals surface area contributed by atoms with Crippen molar-refractivity contribution in [2.75, 3.05) is 39.3 Å². The fourth-order valence-corrected chi connectivity index (χ4v) is 4.06. The van der Waals surface area contributed by atoms with Crippen LogP contribution in [0.1, 0.15) is 0 Å².